The number of anilines is 6. The lowest BCUT2D eigenvalue weighted by atomic mass is 9.88. The standard InChI is InChI=1S/C86H62N2/c1-5-19-63(20-6-1)33-37-67-41-49-71(50-42-67)87(72-51-43-68(44-52-72)38-34-64-21-7-2-8-22-64)85-61-59-81(77-29-15-17-31-83(77)85)79-57-58-80(76-28-14-13-27-75(76)79)82-60-62-86(84-32-18-16-30-78(82)84)88(73-53-45-69(46-54-73)39-35-65-23-9-3-10-24-65)74-55-47-70(48-56-74)40-36-66-25-11-4-12-26-66/h1-62H. The Morgan fingerprint density at radius 3 is 0.568 bits per heavy atom. The Balaban J connectivity index is 0.841. The van der Waals surface area contributed by atoms with Crippen LogP contribution < -0.4 is 9.80 Å². The van der Waals surface area contributed by atoms with E-state index in [4.69, 9.17) is 0 Å². The van der Waals surface area contributed by atoms with Gasteiger partial charge in [0.25, 0.3) is 0 Å². The Bertz CT molecular complexity index is 4340. The summed E-state index contributed by atoms with van der Waals surface area (Å²) >= 11 is 0. The van der Waals surface area contributed by atoms with Crippen molar-refractivity contribution in [3.05, 3.63) is 372 Å². The van der Waals surface area contributed by atoms with Crippen molar-refractivity contribution < 1.29 is 0 Å². The quantitative estimate of drug-likeness (QED) is 0.0890. The van der Waals surface area contributed by atoms with Gasteiger partial charge in [-0.3, -0.25) is 0 Å². The molecule has 416 valence electrons. The molecular weight excluding hydrogens is 1060 g/mol. The first kappa shape index (κ1) is 54.4. The molecule has 14 rings (SSSR count). The lowest BCUT2D eigenvalue weighted by molar-refractivity contribution is 1.29. The zero-order valence-electron chi connectivity index (χ0n) is 48.7. The molecule has 14 aromatic carbocycles. The van der Waals surface area contributed by atoms with E-state index < -0.39 is 0 Å². The Hall–Kier alpha value is -11.6. The molecular formula is C86H62N2. The van der Waals surface area contributed by atoms with E-state index in [1.165, 1.54) is 66.1 Å². The molecule has 0 aliphatic heterocycles. The maximum Gasteiger partial charge on any atom is 0.0540 e. The maximum atomic E-state index is 2.40. The lowest BCUT2D eigenvalue weighted by Gasteiger charge is -2.28. The first-order chi connectivity index (χ1) is 43.6. The zero-order chi connectivity index (χ0) is 58.9. The molecule has 0 saturated heterocycles. The highest BCUT2D eigenvalue weighted by Gasteiger charge is 2.22. The third kappa shape index (κ3) is 11.8. The van der Waals surface area contributed by atoms with Crippen LogP contribution in [0, 0.1) is 0 Å². The van der Waals surface area contributed by atoms with Gasteiger partial charge in [-0.2, -0.15) is 0 Å². The van der Waals surface area contributed by atoms with E-state index in [0.29, 0.717) is 0 Å². The smallest absolute Gasteiger partial charge is 0.0540 e. The summed E-state index contributed by atoms with van der Waals surface area (Å²) in [5.74, 6) is 0. The highest BCUT2D eigenvalue weighted by atomic mass is 15.1. The predicted octanol–water partition coefficient (Wildman–Crippen LogP) is 24.1. The Morgan fingerprint density at radius 1 is 0.148 bits per heavy atom. The molecule has 0 aliphatic rings. The lowest BCUT2D eigenvalue weighted by Crippen LogP contribution is -2.10. The summed E-state index contributed by atoms with van der Waals surface area (Å²) < 4.78 is 0. The molecule has 0 N–H and O–H groups in total. The normalized spacial score (nSPS) is 11.7. The average molecular weight is 1120 g/mol. The van der Waals surface area contributed by atoms with Gasteiger partial charge < -0.3 is 9.80 Å². The molecule has 0 unspecified atom stereocenters. The number of nitrogens with zero attached hydrogens (tertiary/aromatic N) is 2. The van der Waals surface area contributed by atoms with Gasteiger partial charge in [-0.15, -0.1) is 0 Å². The van der Waals surface area contributed by atoms with Gasteiger partial charge in [0.15, 0.2) is 0 Å². The second-order valence-corrected chi connectivity index (χ2v) is 22.1. The predicted molar refractivity (Wildman–Crippen MR) is 381 cm³/mol. The monoisotopic (exact) mass is 1120 g/mol. The summed E-state index contributed by atoms with van der Waals surface area (Å²) in [4.78, 5) is 4.80. The summed E-state index contributed by atoms with van der Waals surface area (Å²) in [6.07, 6.45) is 17.4. The number of rotatable bonds is 16. The van der Waals surface area contributed by atoms with Gasteiger partial charge in [0, 0.05) is 33.5 Å². The first-order valence-electron chi connectivity index (χ1n) is 30.1. The molecule has 2 nitrogen and oxygen atoms in total. The second kappa shape index (κ2) is 25.3. The third-order valence-corrected chi connectivity index (χ3v) is 16.5. The molecule has 0 amide bonds. The fourth-order valence-corrected chi connectivity index (χ4v) is 12.0. The van der Waals surface area contributed by atoms with E-state index in [2.05, 4.69) is 386 Å². The van der Waals surface area contributed by atoms with Gasteiger partial charge in [-0.25, -0.2) is 0 Å². The number of benzene rings is 14. The molecule has 0 aromatic heterocycles. The molecule has 0 bridgehead atoms. The highest BCUT2D eigenvalue weighted by molar-refractivity contribution is 6.16. The highest BCUT2D eigenvalue weighted by Crippen LogP contribution is 2.47. The molecule has 0 saturated carbocycles. The Labute approximate surface area is 516 Å². The van der Waals surface area contributed by atoms with Gasteiger partial charge in [0.1, 0.15) is 0 Å². The molecule has 0 aliphatic carbocycles. The van der Waals surface area contributed by atoms with Crippen LogP contribution in [0.4, 0.5) is 34.1 Å². The number of fused-ring (bicyclic) bond motifs is 3. The van der Waals surface area contributed by atoms with E-state index in [9.17, 15) is 0 Å². The second-order valence-electron chi connectivity index (χ2n) is 22.1. The van der Waals surface area contributed by atoms with Crippen molar-refractivity contribution in [1.82, 2.24) is 0 Å². The van der Waals surface area contributed by atoms with E-state index >= 15 is 0 Å². The zero-order valence-corrected chi connectivity index (χ0v) is 48.7. The first-order valence-corrected chi connectivity index (χ1v) is 30.1. The van der Waals surface area contributed by atoms with Crippen molar-refractivity contribution in [3.8, 4) is 22.3 Å². The fourth-order valence-electron chi connectivity index (χ4n) is 12.0. The van der Waals surface area contributed by atoms with Crippen molar-refractivity contribution in [2.24, 2.45) is 0 Å². The topological polar surface area (TPSA) is 6.48 Å². The average Bonchev–Trinajstić information content (AvgIpc) is 0.930. The van der Waals surface area contributed by atoms with Crippen molar-refractivity contribution in [2.45, 2.75) is 0 Å². The fraction of sp³-hybridized carbons (Fsp3) is 0. The molecule has 0 atom stereocenters. The van der Waals surface area contributed by atoms with Crippen LogP contribution in [0.15, 0.2) is 328 Å². The van der Waals surface area contributed by atoms with Crippen LogP contribution in [-0.2, 0) is 0 Å². The van der Waals surface area contributed by atoms with Crippen LogP contribution in [0.2, 0.25) is 0 Å². The molecule has 0 radical (unpaired) electrons. The van der Waals surface area contributed by atoms with Crippen molar-refractivity contribution in [2.75, 3.05) is 9.80 Å². The largest absolute Gasteiger partial charge is 0.310 e. The van der Waals surface area contributed by atoms with Gasteiger partial charge >= 0.3 is 0 Å². The Kier molecular flexibility index (Phi) is 15.6. The van der Waals surface area contributed by atoms with E-state index in [1.807, 2.05) is 0 Å². The number of hydrogen-bond acceptors (Lipinski definition) is 2. The van der Waals surface area contributed by atoms with Crippen LogP contribution in [0.5, 0.6) is 0 Å². The van der Waals surface area contributed by atoms with Gasteiger partial charge in [-0.1, -0.05) is 316 Å². The molecule has 0 spiro atoms. The van der Waals surface area contributed by atoms with Crippen LogP contribution in [0.1, 0.15) is 44.5 Å². The SMILES string of the molecule is C(=Cc1ccc(N(c2ccc(C=Cc3ccccc3)cc2)c2ccc(-c3ccc(-c4ccc(N(c5ccc(C=Cc6ccccc6)cc5)c5ccc(C=Cc6ccccc6)cc5)c5ccccc45)c4ccccc34)c3ccccc23)cc1)c1ccccc1. The summed E-state index contributed by atoms with van der Waals surface area (Å²) in [6.45, 7) is 0. The summed E-state index contributed by atoms with van der Waals surface area (Å²) in [5.41, 5.74) is 20.5. The van der Waals surface area contributed by atoms with Crippen molar-refractivity contribution in [1.29, 1.82) is 0 Å². The van der Waals surface area contributed by atoms with Crippen LogP contribution in [0.25, 0.3) is 103 Å². The Morgan fingerprint density at radius 2 is 0.330 bits per heavy atom. The molecule has 88 heavy (non-hydrogen) atoms. The van der Waals surface area contributed by atoms with Crippen LogP contribution in [0.3, 0.4) is 0 Å². The van der Waals surface area contributed by atoms with E-state index in [1.54, 1.807) is 0 Å². The maximum absolute atomic E-state index is 2.40. The van der Waals surface area contributed by atoms with Crippen molar-refractivity contribution in [3.63, 3.8) is 0 Å². The van der Waals surface area contributed by atoms with Crippen LogP contribution >= 0.6 is 0 Å². The summed E-state index contributed by atoms with van der Waals surface area (Å²) in [5, 5.41) is 7.09. The van der Waals surface area contributed by atoms with Gasteiger partial charge in [0.05, 0.1) is 11.4 Å². The minimum atomic E-state index is 1.08. The third-order valence-electron chi connectivity index (χ3n) is 16.5. The van der Waals surface area contributed by atoms with E-state index in [-0.39, 0.29) is 0 Å². The summed E-state index contributed by atoms with van der Waals surface area (Å²) in [6, 6.07) is 118. The number of hydrogen-bond donors (Lipinski definition) is 0. The molecule has 0 heterocycles. The van der Waals surface area contributed by atoms with Gasteiger partial charge in [-0.05, 0) is 149 Å². The van der Waals surface area contributed by atoms with Crippen LogP contribution in [-0.4, -0.2) is 0 Å². The van der Waals surface area contributed by atoms with E-state index in [0.717, 1.165) is 67.2 Å². The van der Waals surface area contributed by atoms with Crippen molar-refractivity contribution >= 4 is 115 Å². The van der Waals surface area contributed by atoms with Gasteiger partial charge in [0.2, 0.25) is 0 Å². The minimum Gasteiger partial charge on any atom is -0.310 e. The molecule has 2 heteroatoms. The molecule has 0 fully saturated rings. The minimum absolute atomic E-state index is 1.08. The summed E-state index contributed by atoms with van der Waals surface area (Å²) in [7, 11) is 0. The molecule has 14 aromatic rings.